The molecular weight excluding hydrogens is 373 g/mol. The van der Waals surface area contributed by atoms with Crippen LogP contribution in [-0.2, 0) is 4.79 Å². The normalized spacial score (nSPS) is 23.8. The largest absolute Gasteiger partial charge is 0.357 e. The second kappa shape index (κ2) is 8.28. The lowest BCUT2D eigenvalue weighted by Gasteiger charge is -2.34. The van der Waals surface area contributed by atoms with Gasteiger partial charge in [0, 0.05) is 38.2 Å². The number of nitrogens with two attached hydrogens (primary N) is 1. The SMILES string of the molecule is Cc1nc(C2CCCN(C(=O)C3(N)CC3)C2)cc(N2CCCC2)n1.Cl.Cl. The van der Waals surface area contributed by atoms with Crippen LogP contribution in [0.2, 0.25) is 0 Å². The van der Waals surface area contributed by atoms with Crippen LogP contribution in [0.15, 0.2) is 6.07 Å². The maximum absolute atomic E-state index is 12.6. The van der Waals surface area contributed by atoms with Gasteiger partial charge < -0.3 is 15.5 Å². The Morgan fingerprint density at radius 3 is 2.50 bits per heavy atom. The summed E-state index contributed by atoms with van der Waals surface area (Å²) >= 11 is 0. The third kappa shape index (κ3) is 4.24. The van der Waals surface area contributed by atoms with Crippen molar-refractivity contribution in [2.75, 3.05) is 31.1 Å². The van der Waals surface area contributed by atoms with E-state index in [4.69, 9.17) is 10.7 Å². The van der Waals surface area contributed by atoms with Gasteiger partial charge in [-0.2, -0.15) is 0 Å². The van der Waals surface area contributed by atoms with E-state index >= 15 is 0 Å². The van der Waals surface area contributed by atoms with E-state index in [0.717, 1.165) is 69.2 Å². The molecule has 2 aliphatic heterocycles. The fourth-order valence-electron chi connectivity index (χ4n) is 3.96. The Morgan fingerprint density at radius 2 is 1.85 bits per heavy atom. The molecule has 1 aliphatic carbocycles. The van der Waals surface area contributed by atoms with Crippen molar-refractivity contribution in [2.24, 2.45) is 5.73 Å². The molecule has 6 nitrogen and oxygen atoms in total. The molecule has 1 unspecified atom stereocenters. The number of amides is 1. The summed E-state index contributed by atoms with van der Waals surface area (Å²) in [4.78, 5) is 26.2. The van der Waals surface area contributed by atoms with E-state index in [9.17, 15) is 4.79 Å². The number of rotatable bonds is 3. The van der Waals surface area contributed by atoms with Crippen molar-refractivity contribution in [3.63, 3.8) is 0 Å². The molecule has 1 amide bonds. The predicted octanol–water partition coefficient (Wildman–Crippen LogP) is 2.43. The van der Waals surface area contributed by atoms with Crippen LogP contribution in [0.25, 0.3) is 0 Å². The number of halogens is 2. The van der Waals surface area contributed by atoms with Crippen molar-refractivity contribution in [2.45, 2.75) is 56.9 Å². The minimum Gasteiger partial charge on any atom is -0.357 e. The molecule has 3 fully saturated rings. The number of hydrogen-bond acceptors (Lipinski definition) is 5. The summed E-state index contributed by atoms with van der Waals surface area (Å²) in [6, 6.07) is 2.15. The van der Waals surface area contributed by atoms with Gasteiger partial charge in [-0.3, -0.25) is 4.79 Å². The van der Waals surface area contributed by atoms with E-state index in [1.54, 1.807) is 0 Å². The standard InChI is InChI=1S/C18H27N5O.2ClH/c1-13-20-15(11-16(21-13)22-8-2-3-9-22)14-5-4-10-23(12-14)17(24)18(19)6-7-18;;/h11,14H,2-10,12,19H2,1H3;2*1H. The minimum atomic E-state index is -0.565. The zero-order valence-electron chi connectivity index (χ0n) is 15.3. The number of likely N-dealkylation sites (tertiary alicyclic amines) is 1. The molecule has 0 aromatic carbocycles. The minimum absolute atomic E-state index is 0. The van der Waals surface area contributed by atoms with Crippen LogP contribution in [-0.4, -0.2) is 52.5 Å². The molecule has 3 aliphatic rings. The second-order valence-corrected chi connectivity index (χ2v) is 7.64. The maximum atomic E-state index is 12.6. The number of aryl methyl sites for hydroxylation is 1. The summed E-state index contributed by atoms with van der Waals surface area (Å²) in [5.74, 6) is 2.32. The fraction of sp³-hybridized carbons (Fsp3) is 0.722. The molecule has 2 saturated heterocycles. The van der Waals surface area contributed by atoms with Crippen molar-refractivity contribution in [1.29, 1.82) is 0 Å². The summed E-state index contributed by atoms with van der Waals surface area (Å²) < 4.78 is 0. The summed E-state index contributed by atoms with van der Waals surface area (Å²) in [6.07, 6.45) is 6.24. The van der Waals surface area contributed by atoms with Gasteiger partial charge in [0.15, 0.2) is 0 Å². The molecule has 0 spiro atoms. The first-order valence-corrected chi connectivity index (χ1v) is 9.24. The highest BCUT2D eigenvalue weighted by Crippen LogP contribution is 2.36. The smallest absolute Gasteiger partial charge is 0.242 e. The van der Waals surface area contributed by atoms with Crippen LogP contribution < -0.4 is 10.6 Å². The number of piperidine rings is 1. The van der Waals surface area contributed by atoms with Gasteiger partial charge in [0.2, 0.25) is 5.91 Å². The fourth-order valence-corrected chi connectivity index (χ4v) is 3.96. The Bertz CT molecular complexity index is 646. The summed E-state index contributed by atoms with van der Waals surface area (Å²) in [5, 5.41) is 0. The van der Waals surface area contributed by atoms with Crippen molar-refractivity contribution in [3.05, 3.63) is 17.6 Å². The number of aromatic nitrogens is 2. The third-order valence-corrected chi connectivity index (χ3v) is 5.62. The first-order chi connectivity index (χ1) is 11.5. The monoisotopic (exact) mass is 401 g/mol. The highest BCUT2D eigenvalue weighted by Gasteiger charge is 2.48. The third-order valence-electron chi connectivity index (χ3n) is 5.62. The Hall–Kier alpha value is -1.11. The van der Waals surface area contributed by atoms with E-state index in [2.05, 4.69) is 16.0 Å². The summed E-state index contributed by atoms with van der Waals surface area (Å²) in [5.41, 5.74) is 6.63. The second-order valence-electron chi connectivity index (χ2n) is 7.64. The molecule has 1 atom stereocenters. The highest BCUT2D eigenvalue weighted by molar-refractivity contribution is 5.89. The Labute approximate surface area is 167 Å². The number of nitrogens with zero attached hydrogens (tertiary/aromatic N) is 4. The van der Waals surface area contributed by atoms with Crippen LogP contribution in [0.4, 0.5) is 5.82 Å². The van der Waals surface area contributed by atoms with Crippen LogP contribution >= 0.6 is 24.8 Å². The summed E-state index contributed by atoms with van der Waals surface area (Å²) in [7, 11) is 0. The first-order valence-electron chi connectivity index (χ1n) is 9.24. The highest BCUT2D eigenvalue weighted by atomic mass is 35.5. The number of carbonyl (C=O) groups excluding carboxylic acids is 1. The molecule has 3 heterocycles. The van der Waals surface area contributed by atoms with Gasteiger partial charge >= 0.3 is 0 Å². The number of carbonyl (C=O) groups is 1. The molecule has 1 aromatic heterocycles. The van der Waals surface area contributed by atoms with Crippen molar-refractivity contribution in [1.82, 2.24) is 14.9 Å². The quantitative estimate of drug-likeness (QED) is 0.841. The van der Waals surface area contributed by atoms with Gasteiger partial charge in [0.1, 0.15) is 11.6 Å². The van der Waals surface area contributed by atoms with Gasteiger partial charge in [-0.05, 0) is 45.4 Å². The van der Waals surface area contributed by atoms with Crippen molar-refractivity contribution < 1.29 is 4.79 Å². The lowest BCUT2D eigenvalue weighted by atomic mass is 9.93. The van der Waals surface area contributed by atoms with E-state index in [1.807, 2.05) is 11.8 Å². The van der Waals surface area contributed by atoms with E-state index < -0.39 is 5.54 Å². The zero-order valence-corrected chi connectivity index (χ0v) is 16.9. The molecular formula is C18H29Cl2N5O. The molecule has 0 bridgehead atoms. The average Bonchev–Trinajstić information content (AvgIpc) is 3.12. The molecule has 26 heavy (non-hydrogen) atoms. The van der Waals surface area contributed by atoms with Crippen LogP contribution in [0.1, 0.15) is 56.0 Å². The average molecular weight is 402 g/mol. The van der Waals surface area contributed by atoms with E-state index in [-0.39, 0.29) is 30.7 Å². The molecule has 2 N–H and O–H groups in total. The molecule has 8 heteroatoms. The number of anilines is 1. The molecule has 146 valence electrons. The predicted molar refractivity (Wildman–Crippen MR) is 107 cm³/mol. The van der Waals surface area contributed by atoms with Crippen molar-refractivity contribution >= 4 is 36.5 Å². The van der Waals surface area contributed by atoms with E-state index in [1.165, 1.54) is 12.8 Å². The van der Waals surface area contributed by atoms with Crippen LogP contribution in [0.5, 0.6) is 0 Å². The Kier molecular flexibility index (Phi) is 6.75. The Morgan fingerprint density at radius 1 is 1.15 bits per heavy atom. The number of hydrogen-bond donors (Lipinski definition) is 1. The van der Waals surface area contributed by atoms with Crippen molar-refractivity contribution in [3.8, 4) is 0 Å². The van der Waals surface area contributed by atoms with Crippen LogP contribution in [0.3, 0.4) is 0 Å². The van der Waals surface area contributed by atoms with Gasteiger partial charge in [-0.25, -0.2) is 9.97 Å². The van der Waals surface area contributed by atoms with Gasteiger partial charge in [0.25, 0.3) is 0 Å². The Balaban J connectivity index is 0.00000121. The van der Waals surface area contributed by atoms with Crippen LogP contribution in [0, 0.1) is 6.92 Å². The lowest BCUT2D eigenvalue weighted by Crippen LogP contribution is -2.49. The zero-order chi connectivity index (χ0) is 16.7. The van der Waals surface area contributed by atoms with Gasteiger partial charge in [0.05, 0.1) is 11.2 Å². The summed E-state index contributed by atoms with van der Waals surface area (Å²) in [6.45, 7) is 5.71. The first kappa shape index (κ1) is 21.2. The van der Waals surface area contributed by atoms with Gasteiger partial charge in [-0.15, -0.1) is 24.8 Å². The maximum Gasteiger partial charge on any atom is 0.242 e. The molecule has 0 radical (unpaired) electrons. The van der Waals surface area contributed by atoms with Gasteiger partial charge in [-0.1, -0.05) is 0 Å². The molecule has 4 rings (SSSR count). The molecule has 1 saturated carbocycles. The topological polar surface area (TPSA) is 75.3 Å². The molecule has 1 aromatic rings. The van der Waals surface area contributed by atoms with E-state index in [0.29, 0.717) is 5.92 Å². The lowest BCUT2D eigenvalue weighted by molar-refractivity contribution is -0.134.